The molecule has 1 fully saturated rings. The van der Waals surface area contributed by atoms with E-state index in [4.69, 9.17) is 5.73 Å². The summed E-state index contributed by atoms with van der Waals surface area (Å²) in [6.07, 6.45) is 3.40. The molecule has 1 aromatic carbocycles. The molecule has 0 spiro atoms. The highest BCUT2D eigenvalue weighted by Crippen LogP contribution is 2.29. The summed E-state index contributed by atoms with van der Waals surface area (Å²) in [5.74, 6) is 0.469. The lowest BCUT2D eigenvalue weighted by atomic mass is 9.78. The van der Waals surface area contributed by atoms with Gasteiger partial charge >= 0.3 is 0 Å². The van der Waals surface area contributed by atoms with Crippen LogP contribution in [0.15, 0.2) is 24.3 Å². The van der Waals surface area contributed by atoms with E-state index in [1.54, 1.807) is 24.3 Å². The van der Waals surface area contributed by atoms with Gasteiger partial charge in [-0.1, -0.05) is 32.8 Å². The predicted octanol–water partition coefficient (Wildman–Crippen LogP) is 2.34. The Labute approximate surface area is 119 Å². The number of carbonyl (C=O) groups is 2. The second-order valence-corrected chi connectivity index (χ2v) is 5.79. The van der Waals surface area contributed by atoms with Crippen LogP contribution in [0, 0.1) is 11.8 Å². The van der Waals surface area contributed by atoms with E-state index >= 15 is 0 Å². The van der Waals surface area contributed by atoms with Crippen LogP contribution in [0.5, 0.6) is 0 Å². The second kappa shape index (κ2) is 6.07. The van der Waals surface area contributed by atoms with Gasteiger partial charge in [-0.3, -0.25) is 9.59 Å². The van der Waals surface area contributed by atoms with E-state index in [9.17, 15) is 9.59 Å². The summed E-state index contributed by atoms with van der Waals surface area (Å²) in [5, 5.41) is 3.09. The van der Waals surface area contributed by atoms with Gasteiger partial charge in [0.2, 0.25) is 5.91 Å². The molecule has 0 aromatic heterocycles. The van der Waals surface area contributed by atoms with Gasteiger partial charge in [-0.15, -0.1) is 0 Å². The van der Waals surface area contributed by atoms with E-state index in [0.29, 0.717) is 23.0 Å². The molecule has 0 aliphatic heterocycles. The number of amides is 2. The topological polar surface area (TPSA) is 72.2 Å². The molecule has 1 aromatic rings. The van der Waals surface area contributed by atoms with Crippen molar-refractivity contribution in [3.63, 3.8) is 0 Å². The first kappa shape index (κ1) is 14.6. The normalized spacial score (nSPS) is 26.0. The Bertz CT molecular complexity index is 513. The Morgan fingerprint density at radius 1 is 1.20 bits per heavy atom. The van der Waals surface area contributed by atoms with Crippen LogP contribution in [0.3, 0.4) is 0 Å². The van der Waals surface area contributed by atoms with Crippen molar-refractivity contribution in [1.82, 2.24) is 5.32 Å². The third-order valence-corrected chi connectivity index (χ3v) is 4.43. The maximum Gasteiger partial charge on any atom is 0.251 e. The van der Waals surface area contributed by atoms with Crippen LogP contribution in [0.2, 0.25) is 0 Å². The molecule has 0 radical (unpaired) electrons. The third-order valence-electron chi connectivity index (χ3n) is 4.43. The molecule has 0 heterocycles. The molecule has 0 unspecified atom stereocenters. The fourth-order valence-corrected chi connectivity index (χ4v) is 2.85. The highest BCUT2D eigenvalue weighted by atomic mass is 16.2. The maximum absolute atomic E-state index is 12.3. The Kier molecular flexibility index (Phi) is 4.42. The Balaban J connectivity index is 2.08. The molecule has 20 heavy (non-hydrogen) atoms. The van der Waals surface area contributed by atoms with Crippen molar-refractivity contribution in [1.29, 1.82) is 0 Å². The predicted molar refractivity (Wildman–Crippen MR) is 78.4 cm³/mol. The van der Waals surface area contributed by atoms with Crippen molar-refractivity contribution < 1.29 is 9.59 Å². The maximum atomic E-state index is 12.3. The minimum Gasteiger partial charge on any atom is -0.366 e. The molecule has 1 aliphatic rings. The molecule has 0 bridgehead atoms. The van der Waals surface area contributed by atoms with E-state index in [1.807, 2.05) is 0 Å². The highest BCUT2D eigenvalue weighted by Gasteiger charge is 2.28. The van der Waals surface area contributed by atoms with Crippen molar-refractivity contribution in [2.24, 2.45) is 17.6 Å². The number of primary amides is 1. The molecule has 1 aliphatic carbocycles. The number of nitrogens with two attached hydrogens (primary N) is 1. The first-order valence-electron chi connectivity index (χ1n) is 7.19. The summed E-state index contributed by atoms with van der Waals surface area (Å²) < 4.78 is 0. The van der Waals surface area contributed by atoms with Crippen LogP contribution in [0.4, 0.5) is 0 Å². The van der Waals surface area contributed by atoms with Crippen molar-refractivity contribution in [2.75, 3.05) is 0 Å². The van der Waals surface area contributed by atoms with Gasteiger partial charge in [0.25, 0.3) is 5.91 Å². The largest absolute Gasteiger partial charge is 0.366 e. The van der Waals surface area contributed by atoms with Crippen molar-refractivity contribution >= 4 is 11.8 Å². The van der Waals surface area contributed by atoms with Crippen LogP contribution in [0.25, 0.3) is 0 Å². The zero-order valence-electron chi connectivity index (χ0n) is 12.1. The lowest BCUT2D eigenvalue weighted by molar-refractivity contribution is 0.0891. The third kappa shape index (κ3) is 3.18. The molecular weight excluding hydrogens is 252 g/mol. The van der Waals surface area contributed by atoms with Gasteiger partial charge in [0, 0.05) is 17.2 Å². The lowest BCUT2D eigenvalue weighted by Gasteiger charge is -2.34. The minimum atomic E-state index is -0.515. The van der Waals surface area contributed by atoms with E-state index < -0.39 is 5.91 Å². The molecule has 3 atom stereocenters. The quantitative estimate of drug-likeness (QED) is 0.888. The van der Waals surface area contributed by atoms with E-state index in [0.717, 1.165) is 12.8 Å². The summed E-state index contributed by atoms with van der Waals surface area (Å²) >= 11 is 0. The number of rotatable bonds is 3. The molecule has 0 saturated heterocycles. The zero-order chi connectivity index (χ0) is 14.7. The van der Waals surface area contributed by atoms with E-state index in [2.05, 4.69) is 19.2 Å². The number of nitrogens with one attached hydrogen (secondary N) is 1. The van der Waals surface area contributed by atoms with Crippen molar-refractivity contribution in [3.8, 4) is 0 Å². The summed E-state index contributed by atoms with van der Waals surface area (Å²) in [6, 6.07) is 6.77. The van der Waals surface area contributed by atoms with Crippen molar-refractivity contribution in [2.45, 2.75) is 39.2 Å². The highest BCUT2D eigenvalue weighted by molar-refractivity contribution is 5.99. The smallest absolute Gasteiger partial charge is 0.251 e. The Hall–Kier alpha value is -1.84. The fourth-order valence-electron chi connectivity index (χ4n) is 2.85. The molecule has 4 nitrogen and oxygen atoms in total. The van der Waals surface area contributed by atoms with Crippen LogP contribution >= 0.6 is 0 Å². The van der Waals surface area contributed by atoms with E-state index in [1.165, 1.54) is 6.42 Å². The zero-order valence-corrected chi connectivity index (χ0v) is 12.1. The van der Waals surface area contributed by atoms with Gasteiger partial charge in [-0.2, -0.15) is 0 Å². The molecule has 2 amide bonds. The molecule has 108 valence electrons. The monoisotopic (exact) mass is 274 g/mol. The number of hydrogen-bond donors (Lipinski definition) is 2. The van der Waals surface area contributed by atoms with Crippen LogP contribution < -0.4 is 11.1 Å². The molecular formula is C16H22N2O2. The first-order chi connectivity index (χ1) is 9.49. The SMILES string of the molecule is C[C@H]1[C@H](C)CCC[C@H]1NC(=O)c1cccc(C(N)=O)c1. The first-order valence-corrected chi connectivity index (χ1v) is 7.19. The van der Waals surface area contributed by atoms with Gasteiger partial charge in [-0.25, -0.2) is 0 Å². The summed E-state index contributed by atoms with van der Waals surface area (Å²) in [7, 11) is 0. The minimum absolute atomic E-state index is 0.126. The number of benzene rings is 1. The summed E-state index contributed by atoms with van der Waals surface area (Å²) in [6.45, 7) is 4.42. The molecule has 3 N–H and O–H groups in total. The van der Waals surface area contributed by atoms with Gasteiger partial charge in [0.1, 0.15) is 0 Å². The van der Waals surface area contributed by atoms with Crippen molar-refractivity contribution in [3.05, 3.63) is 35.4 Å². The number of carbonyl (C=O) groups excluding carboxylic acids is 2. The van der Waals surface area contributed by atoms with Gasteiger partial charge in [-0.05, 0) is 36.5 Å². The standard InChI is InChI=1S/C16H22N2O2/c1-10-5-3-8-14(11(10)2)18-16(20)13-7-4-6-12(9-13)15(17)19/h4,6-7,9-11,14H,3,5,8H2,1-2H3,(H2,17,19)(H,18,20)/t10-,11+,14-/m1/s1. The molecule has 2 rings (SSSR count). The average molecular weight is 274 g/mol. The summed E-state index contributed by atoms with van der Waals surface area (Å²) in [5.41, 5.74) is 6.09. The average Bonchev–Trinajstić information content (AvgIpc) is 2.44. The second-order valence-electron chi connectivity index (χ2n) is 5.79. The van der Waals surface area contributed by atoms with E-state index in [-0.39, 0.29) is 11.9 Å². The van der Waals surface area contributed by atoms with Gasteiger partial charge < -0.3 is 11.1 Å². The van der Waals surface area contributed by atoms with Crippen LogP contribution in [-0.2, 0) is 0 Å². The fraction of sp³-hybridized carbons (Fsp3) is 0.500. The van der Waals surface area contributed by atoms with Gasteiger partial charge in [0.05, 0.1) is 0 Å². The molecule has 1 saturated carbocycles. The molecule has 4 heteroatoms. The lowest BCUT2D eigenvalue weighted by Crippen LogP contribution is -2.43. The van der Waals surface area contributed by atoms with Crippen LogP contribution in [0.1, 0.15) is 53.8 Å². The summed E-state index contributed by atoms with van der Waals surface area (Å²) in [4.78, 5) is 23.4. The van der Waals surface area contributed by atoms with Crippen LogP contribution in [-0.4, -0.2) is 17.9 Å². The number of hydrogen-bond acceptors (Lipinski definition) is 2. The Morgan fingerprint density at radius 2 is 1.90 bits per heavy atom. The van der Waals surface area contributed by atoms with Gasteiger partial charge in [0.15, 0.2) is 0 Å². The Morgan fingerprint density at radius 3 is 2.60 bits per heavy atom.